The van der Waals surface area contributed by atoms with Crippen LogP contribution in [-0.2, 0) is 0 Å². The Kier molecular flexibility index (Phi) is 8.23. The quantitative estimate of drug-likeness (QED) is 0.374. The van der Waals surface area contributed by atoms with Crippen molar-refractivity contribution < 1.29 is 0 Å². The first-order valence-corrected chi connectivity index (χ1v) is 13.2. The molecule has 0 aromatic heterocycles. The van der Waals surface area contributed by atoms with Gasteiger partial charge in [0.2, 0.25) is 0 Å². The predicted molar refractivity (Wildman–Crippen MR) is 145 cm³/mol. The summed E-state index contributed by atoms with van der Waals surface area (Å²) >= 11 is 0. The zero-order valence-corrected chi connectivity index (χ0v) is 23.8. The van der Waals surface area contributed by atoms with E-state index in [9.17, 15) is 0 Å². The molecule has 0 radical (unpaired) electrons. The zero-order chi connectivity index (χ0) is 24.5. The molecule has 0 bridgehead atoms. The Bertz CT molecular complexity index is 779. The second kappa shape index (κ2) is 9.68. The van der Waals surface area contributed by atoms with E-state index in [-0.39, 0.29) is 16.2 Å². The van der Waals surface area contributed by atoms with Gasteiger partial charge in [-0.1, -0.05) is 124 Å². The molecule has 32 heavy (non-hydrogen) atoms. The molecule has 0 saturated carbocycles. The fraction of sp³-hybridized carbons (Fsp3) is 0.750. The van der Waals surface area contributed by atoms with E-state index in [1.54, 1.807) is 27.9 Å². The van der Waals surface area contributed by atoms with Gasteiger partial charge < -0.3 is 0 Å². The van der Waals surface area contributed by atoms with E-state index < -0.39 is 0 Å². The molecule has 0 aromatic carbocycles. The van der Waals surface area contributed by atoms with Crippen LogP contribution in [0.1, 0.15) is 128 Å². The highest BCUT2D eigenvalue weighted by atomic mass is 14.4. The number of rotatable bonds is 5. The smallest absolute Gasteiger partial charge is 0.0109 e. The first-order valence-electron chi connectivity index (χ1n) is 13.2. The van der Waals surface area contributed by atoms with Crippen LogP contribution < -0.4 is 0 Å². The van der Waals surface area contributed by atoms with Crippen LogP contribution in [0.15, 0.2) is 46.1 Å². The van der Waals surface area contributed by atoms with E-state index in [1.165, 1.54) is 44.9 Å². The summed E-state index contributed by atoms with van der Waals surface area (Å²) in [5.74, 6) is 0.666. The third-order valence-corrected chi connectivity index (χ3v) is 7.58. The molecule has 0 N–H and O–H groups in total. The van der Waals surface area contributed by atoms with Gasteiger partial charge >= 0.3 is 0 Å². The highest BCUT2D eigenvalue weighted by molar-refractivity contribution is 5.40. The molecule has 182 valence electrons. The minimum atomic E-state index is 0.236. The standard InChI is InChI=1S/C32H54/c1-29(2,3)25-19-17-23(21-27(25)31(7,8)9)15-13-14-16-24-18-20-26(30(4,5)6)28(22-24)32(10,11)12/h17,19,22,27H,13-16,18,20-21H2,1-12H3. The van der Waals surface area contributed by atoms with Gasteiger partial charge in [0.05, 0.1) is 0 Å². The highest BCUT2D eigenvalue weighted by Gasteiger charge is 2.35. The Morgan fingerprint density at radius 3 is 1.69 bits per heavy atom. The van der Waals surface area contributed by atoms with Gasteiger partial charge in [-0.2, -0.15) is 0 Å². The van der Waals surface area contributed by atoms with E-state index in [0.29, 0.717) is 11.3 Å². The highest BCUT2D eigenvalue weighted by Crippen LogP contribution is 2.47. The first-order chi connectivity index (χ1) is 14.4. The largest absolute Gasteiger partial charge is 0.0696 e. The summed E-state index contributed by atoms with van der Waals surface area (Å²) in [5, 5.41) is 0. The fourth-order valence-electron chi connectivity index (χ4n) is 5.63. The number of hydrogen-bond acceptors (Lipinski definition) is 0. The molecule has 0 heteroatoms. The fourth-order valence-corrected chi connectivity index (χ4v) is 5.63. The van der Waals surface area contributed by atoms with Crippen LogP contribution in [0.2, 0.25) is 0 Å². The second-order valence-electron chi connectivity index (χ2n) is 14.7. The summed E-state index contributed by atoms with van der Waals surface area (Å²) in [6, 6.07) is 0. The SMILES string of the molecule is CC(C)(C)C1=CC=C(CCCCC2=CC(C(C)(C)C)=C(C(C)(C)C)CC2)CC1C(C)(C)C. The minimum Gasteiger partial charge on any atom is -0.0696 e. The summed E-state index contributed by atoms with van der Waals surface area (Å²) in [4.78, 5) is 0. The average Bonchev–Trinajstić information content (AvgIpc) is 2.62. The lowest BCUT2D eigenvalue weighted by atomic mass is 9.64. The second-order valence-corrected chi connectivity index (χ2v) is 14.7. The van der Waals surface area contributed by atoms with Crippen molar-refractivity contribution in [3.8, 4) is 0 Å². The predicted octanol–water partition coefficient (Wildman–Crippen LogP) is 10.6. The Morgan fingerprint density at radius 2 is 1.22 bits per heavy atom. The summed E-state index contributed by atoms with van der Waals surface area (Å²) < 4.78 is 0. The maximum Gasteiger partial charge on any atom is -0.0109 e. The molecule has 0 heterocycles. The normalized spacial score (nSPS) is 21.4. The molecule has 0 spiro atoms. The summed E-state index contributed by atoms with van der Waals surface area (Å²) in [6.45, 7) is 28.7. The van der Waals surface area contributed by atoms with Gasteiger partial charge in [-0.25, -0.2) is 0 Å². The molecular weight excluding hydrogens is 384 g/mol. The van der Waals surface area contributed by atoms with Crippen LogP contribution in [0.4, 0.5) is 0 Å². The van der Waals surface area contributed by atoms with Gasteiger partial charge in [-0.05, 0) is 78.1 Å². The molecule has 1 unspecified atom stereocenters. The lowest BCUT2D eigenvalue weighted by molar-refractivity contribution is 0.237. The van der Waals surface area contributed by atoms with Gasteiger partial charge in [-0.3, -0.25) is 0 Å². The number of allylic oxidation sites excluding steroid dienone is 8. The van der Waals surface area contributed by atoms with Gasteiger partial charge in [0, 0.05) is 0 Å². The summed E-state index contributed by atoms with van der Waals surface area (Å²) in [5.41, 5.74) is 9.37. The van der Waals surface area contributed by atoms with E-state index in [0.717, 1.165) is 0 Å². The first kappa shape index (κ1) is 27.2. The lowest BCUT2D eigenvalue weighted by Crippen LogP contribution is -2.30. The van der Waals surface area contributed by atoms with Gasteiger partial charge in [0.25, 0.3) is 0 Å². The van der Waals surface area contributed by atoms with Crippen molar-refractivity contribution in [3.63, 3.8) is 0 Å². The van der Waals surface area contributed by atoms with E-state index in [1.807, 2.05) is 0 Å². The van der Waals surface area contributed by atoms with E-state index in [4.69, 9.17) is 0 Å². The maximum absolute atomic E-state index is 2.58. The molecule has 0 fully saturated rings. The molecule has 2 aliphatic carbocycles. The van der Waals surface area contributed by atoms with Crippen LogP contribution in [0, 0.1) is 27.6 Å². The molecule has 0 nitrogen and oxygen atoms in total. The van der Waals surface area contributed by atoms with Gasteiger partial charge in [0.1, 0.15) is 0 Å². The molecule has 0 aromatic rings. The van der Waals surface area contributed by atoms with Crippen LogP contribution in [-0.4, -0.2) is 0 Å². The Balaban J connectivity index is 2.02. The molecule has 1 atom stereocenters. The van der Waals surface area contributed by atoms with Crippen molar-refractivity contribution in [1.29, 1.82) is 0 Å². The molecule has 0 amide bonds. The molecule has 0 saturated heterocycles. The number of unbranched alkanes of at least 4 members (excludes halogenated alkanes) is 1. The Labute approximate surface area is 201 Å². The van der Waals surface area contributed by atoms with Gasteiger partial charge in [-0.15, -0.1) is 0 Å². The van der Waals surface area contributed by atoms with E-state index >= 15 is 0 Å². The molecular formula is C32H54. The van der Waals surface area contributed by atoms with Crippen molar-refractivity contribution in [2.24, 2.45) is 27.6 Å². The molecule has 2 aliphatic rings. The van der Waals surface area contributed by atoms with Crippen LogP contribution in [0.25, 0.3) is 0 Å². The Hall–Kier alpha value is -1.04. The minimum absolute atomic E-state index is 0.236. The maximum atomic E-state index is 2.58. The average molecular weight is 439 g/mol. The van der Waals surface area contributed by atoms with Crippen LogP contribution in [0.5, 0.6) is 0 Å². The lowest BCUT2D eigenvalue weighted by Gasteiger charge is -2.41. The van der Waals surface area contributed by atoms with Crippen molar-refractivity contribution in [3.05, 3.63) is 46.1 Å². The molecule has 0 aliphatic heterocycles. The molecule has 2 rings (SSSR count). The third-order valence-electron chi connectivity index (χ3n) is 7.58. The third kappa shape index (κ3) is 7.23. The summed E-state index contributed by atoms with van der Waals surface area (Å²) in [6.07, 6.45) is 16.4. The zero-order valence-electron chi connectivity index (χ0n) is 23.8. The van der Waals surface area contributed by atoms with E-state index in [2.05, 4.69) is 101 Å². The van der Waals surface area contributed by atoms with Crippen LogP contribution >= 0.6 is 0 Å². The van der Waals surface area contributed by atoms with Crippen molar-refractivity contribution >= 4 is 0 Å². The van der Waals surface area contributed by atoms with Crippen molar-refractivity contribution in [2.45, 2.75) is 128 Å². The Morgan fingerprint density at radius 1 is 0.656 bits per heavy atom. The number of hydrogen-bond donors (Lipinski definition) is 0. The summed E-state index contributed by atoms with van der Waals surface area (Å²) in [7, 11) is 0. The monoisotopic (exact) mass is 438 g/mol. The van der Waals surface area contributed by atoms with Crippen LogP contribution in [0.3, 0.4) is 0 Å². The van der Waals surface area contributed by atoms with Gasteiger partial charge in [0.15, 0.2) is 0 Å². The van der Waals surface area contributed by atoms with Crippen molar-refractivity contribution in [2.75, 3.05) is 0 Å². The topological polar surface area (TPSA) is 0 Å². The van der Waals surface area contributed by atoms with Crippen molar-refractivity contribution in [1.82, 2.24) is 0 Å².